The number of hydrogen-bond acceptors (Lipinski definition) is 15. The van der Waals surface area contributed by atoms with Crippen molar-refractivity contribution in [3.8, 4) is 0 Å². The van der Waals surface area contributed by atoms with Crippen LogP contribution in [0.1, 0.15) is 226 Å². The molecule has 7 N–H and O–H groups in total. The first-order valence-corrected chi connectivity index (χ1v) is 27.1. The number of unbranched alkanes of at least 4 members (excludes halogenated alkanes) is 29. The van der Waals surface area contributed by atoms with Gasteiger partial charge in [-0.05, 0) is 12.8 Å². The molecule has 2 aliphatic heterocycles. The fraction of sp³-hybridized carbons (Fsp3) is 0.962. The molecule has 2 fully saturated rings. The van der Waals surface area contributed by atoms with E-state index in [2.05, 4.69) is 13.8 Å². The average molecular weight is 963 g/mol. The zero-order chi connectivity index (χ0) is 48.9. The number of esters is 2. The van der Waals surface area contributed by atoms with E-state index in [9.17, 15) is 45.3 Å². The van der Waals surface area contributed by atoms with Gasteiger partial charge in [0.05, 0.1) is 19.8 Å². The molecule has 2 heterocycles. The summed E-state index contributed by atoms with van der Waals surface area (Å²) in [4.78, 5) is 25.8. The fourth-order valence-electron chi connectivity index (χ4n) is 8.87. The predicted molar refractivity (Wildman–Crippen MR) is 257 cm³/mol. The minimum absolute atomic E-state index is 0.174. The highest BCUT2D eigenvalue weighted by atomic mass is 16.7. The summed E-state index contributed by atoms with van der Waals surface area (Å²) in [7, 11) is 0. The van der Waals surface area contributed by atoms with Gasteiger partial charge in [-0.15, -0.1) is 0 Å². The van der Waals surface area contributed by atoms with E-state index >= 15 is 0 Å². The third kappa shape index (κ3) is 28.2. The molecule has 0 radical (unpaired) electrons. The molecule has 4 unspecified atom stereocenters. The van der Waals surface area contributed by atoms with Crippen molar-refractivity contribution in [2.45, 2.75) is 293 Å². The molecular formula is C52H98O15. The molecule has 0 spiro atoms. The molecule has 396 valence electrons. The van der Waals surface area contributed by atoms with Crippen LogP contribution in [0.3, 0.4) is 0 Å². The topological polar surface area (TPSA) is 231 Å². The van der Waals surface area contributed by atoms with Crippen molar-refractivity contribution in [3.63, 3.8) is 0 Å². The molecule has 67 heavy (non-hydrogen) atoms. The minimum Gasteiger partial charge on any atom is -0.462 e. The summed E-state index contributed by atoms with van der Waals surface area (Å²) in [6, 6.07) is 0. The van der Waals surface area contributed by atoms with Gasteiger partial charge in [0.2, 0.25) is 0 Å². The van der Waals surface area contributed by atoms with Crippen molar-refractivity contribution >= 4 is 11.9 Å². The number of aliphatic hydroxyl groups excluding tert-OH is 7. The van der Waals surface area contributed by atoms with Crippen molar-refractivity contribution < 1.29 is 73.8 Å². The zero-order valence-electron chi connectivity index (χ0n) is 41.9. The molecule has 15 nitrogen and oxygen atoms in total. The number of hydrogen-bond donors (Lipinski definition) is 7. The van der Waals surface area contributed by atoms with Crippen molar-refractivity contribution in [2.75, 3.05) is 26.4 Å². The highest BCUT2D eigenvalue weighted by Gasteiger charge is 2.47. The smallest absolute Gasteiger partial charge is 0.306 e. The normalized spacial score (nSPS) is 25.9. The van der Waals surface area contributed by atoms with Gasteiger partial charge >= 0.3 is 11.9 Å². The van der Waals surface area contributed by atoms with Crippen molar-refractivity contribution in [3.05, 3.63) is 0 Å². The standard InChI is InChI=1S/C52H98O15/c1-3-5-7-9-11-13-15-17-18-19-20-21-22-23-25-27-29-31-33-35-44(55)65-40(37-62-43(54)34-32-30-28-26-24-16-14-12-10-8-6-4-2)38-63-51-50(61)48(59)46(57)42(67-51)39-64-52-49(60)47(58)45(56)41(36-53)66-52/h40-42,45-53,56-61H,3-39H2,1-2H3/t40-,41+,42+,45-,46-,47?,48?,49?,50?,51+,52+/m1/s1. The highest BCUT2D eigenvalue weighted by Crippen LogP contribution is 2.27. The van der Waals surface area contributed by atoms with Gasteiger partial charge in [0.15, 0.2) is 18.7 Å². The first-order chi connectivity index (χ1) is 32.5. The Hall–Kier alpha value is -1.50. The molecule has 2 rings (SSSR count). The minimum atomic E-state index is -1.76. The summed E-state index contributed by atoms with van der Waals surface area (Å²) in [5, 5.41) is 72.1. The Morgan fingerprint density at radius 1 is 0.418 bits per heavy atom. The van der Waals surface area contributed by atoms with Gasteiger partial charge in [-0.1, -0.05) is 200 Å². The van der Waals surface area contributed by atoms with Crippen molar-refractivity contribution in [2.24, 2.45) is 0 Å². The van der Waals surface area contributed by atoms with Gasteiger partial charge in [-0.2, -0.15) is 0 Å². The van der Waals surface area contributed by atoms with Gasteiger partial charge < -0.3 is 64.2 Å². The fourth-order valence-corrected chi connectivity index (χ4v) is 8.87. The Morgan fingerprint density at radius 2 is 0.761 bits per heavy atom. The largest absolute Gasteiger partial charge is 0.462 e. The Kier molecular flexibility index (Phi) is 36.9. The van der Waals surface area contributed by atoms with Crippen LogP contribution in [0.15, 0.2) is 0 Å². The molecule has 0 aromatic rings. The monoisotopic (exact) mass is 963 g/mol. The second-order valence-electron chi connectivity index (χ2n) is 19.4. The van der Waals surface area contributed by atoms with Gasteiger partial charge in [0, 0.05) is 12.8 Å². The number of carbonyl (C=O) groups excluding carboxylic acids is 2. The van der Waals surface area contributed by atoms with Crippen molar-refractivity contribution in [1.29, 1.82) is 0 Å². The van der Waals surface area contributed by atoms with Gasteiger partial charge in [0.25, 0.3) is 0 Å². The maximum atomic E-state index is 13.0. The predicted octanol–water partition coefficient (Wildman–Crippen LogP) is 8.00. The number of ether oxygens (including phenoxy) is 6. The second kappa shape index (κ2) is 40.1. The van der Waals surface area contributed by atoms with Crippen LogP contribution >= 0.6 is 0 Å². The van der Waals surface area contributed by atoms with Crippen LogP contribution in [-0.2, 0) is 38.0 Å². The number of rotatable bonds is 43. The van der Waals surface area contributed by atoms with Crippen LogP contribution in [0.25, 0.3) is 0 Å². The van der Waals surface area contributed by atoms with E-state index in [1.807, 2.05) is 0 Å². The van der Waals surface area contributed by atoms with E-state index in [0.717, 1.165) is 38.5 Å². The van der Waals surface area contributed by atoms with Crippen LogP contribution < -0.4 is 0 Å². The number of carbonyl (C=O) groups is 2. The number of aliphatic hydroxyl groups is 7. The van der Waals surface area contributed by atoms with Crippen molar-refractivity contribution in [1.82, 2.24) is 0 Å². The lowest BCUT2D eigenvalue weighted by atomic mass is 9.98. The van der Waals surface area contributed by atoms with E-state index in [1.165, 1.54) is 148 Å². The maximum absolute atomic E-state index is 13.0. The van der Waals surface area contributed by atoms with Crippen LogP contribution in [0.2, 0.25) is 0 Å². The zero-order valence-corrected chi connectivity index (χ0v) is 41.9. The third-order valence-corrected chi connectivity index (χ3v) is 13.3. The molecule has 2 aliphatic rings. The van der Waals surface area contributed by atoms with E-state index < -0.39 is 92.7 Å². The molecular weight excluding hydrogens is 865 g/mol. The SMILES string of the molecule is CCCCCCCCCCCCCCCCCCCCCC(=O)O[C@H](COC(=O)CCCCCCCCCCCCCC)CO[C@H]1O[C@@H](CO[C@H]2O[C@@H](CO)[C@@H](O)C(O)C2O)[C@@H](O)C(O)C1O. The van der Waals surface area contributed by atoms with E-state index in [0.29, 0.717) is 12.8 Å². The summed E-state index contributed by atoms with van der Waals surface area (Å²) < 4.78 is 33.6. The molecule has 0 bridgehead atoms. The molecule has 0 aromatic heterocycles. The van der Waals surface area contributed by atoms with Crippen LogP contribution in [0.4, 0.5) is 0 Å². The third-order valence-electron chi connectivity index (χ3n) is 13.3. The lowest BCUT2D eigenvalue weighted by Crippen LogP contribution is -2.61. The van der Waals surface area contributed by atoms with Gasteiger partial charge in [0.1, 0.15) is 55.4 Å². The Bertz CT molecular complexity index is 1180. The Labute approximate surface area is 404 Å². The first kappa shape index (κ1) is 61.6. The molecule has 0 aliphatic carbocycles. The Morgan fingerprint density at radius 3 is 1.16 bits per heavy atom. The molecule has 0 aromatic carbocycles. The summed E-state index contributed by atoms with van der Waals surface area (Å²) in [6.45, 7) is 2.63. The Balaban J connectivity index is 1.77. The quantitative estimate of drug-likeness (QED) is 0.0227. The summed E-state index contributed by atoms with van der Waals surface area (Å²) in [5.74, 6) is -0.909. The molecule has 15 heteroatoms. The highest BCUT2D eigenvalue weighted by molar-refractivity contribution is 5.70. The van der Waals surface area contributed by atoms with Crippen LogP contribution in [0.5, 0.6) is 0 Å². The van der Waals surface area contributed by atoms with E-state index in [4.69, 9.17) is 28.4 Å². The van der Waals surface area contributed by atoms with Gasteiger partial charge in [-0.25, -0.2) is 0 Å². The lowest BCUT2D eigenvalue weighted by molar-refractivity contribution is -0.332. The summed E-state index contributed by atoms with van der Waals surface area (Å²) >= 11 is 0. The average Bonchev–Trinajstić information content (AvgIpc) is 3.32. The van der Waals surface area contributed by atoms with E-state index in [-0.39, 0.29) is 26.1 Å². The molecule has 0 saturated carbocycles. The van der Waals surface area contributed by atoms with E-state index in [1.54, 1.807) is 0 Å². The molecule has 0 amide bonds. The second-order valence-corrected chi connectivity index (χ2v) is 19.4. The summed E-state index contributed by atoms with van der Waals surface area (Å²) in [6.07, 6.45) is 21.3. The first-order valence-electron chi connectivity index (χ1n) is 27.1. The maximum Gasteiger partial charge on any atom is 0.306 e. The van der Waals surface area contributed by atoms with Crippen LogP contribution in [-0.4, -0.2) is 142 Å². The molecule has 11 atom stereocenters. The van der Waals surface area contributed by atoms with Gasteiger partial charge in [-0.3, -0.25) is 9.59 Å². The lowest BCUT2D eigenvalue weighted by Gasteiger charge is -2.42. The molecule has 2 saturated heterocycles. The van der Waals surface area contributed by atoms with Crippen LogP contribution in [0, 0.1) is 0 Å². The summed E-state index contributed by atoms with van der Waals surface area (Å²) in [5.41, 5.74) is 0.